The minimum absolute atomic E-state index is 0.207. The first kappa shape index (κ1) is 17.5. The van der Waals surface area contributed by atoms with Gasteiger partial charge in [0.05, 0.1) is 10.7 Å². The van der Waals surface area contributed by atoms with Crippen LogP contribution in [0.4, 0.5) is 11.4 Å². The Hall–Kier alpha value is -2.35. The van der Waals surface area contributed by atoms with E-state index in [1.54, 1.807) is 53.9 Å². The van der Waals surface area contributed by atoms with Crippen molar-refractivity contribution in [1.82, 2.24) is 0 Å². The molecule has 0 aliphatic carbocycles. The zero-order valence-corrected chi connectivity index (χ0v) is 15.2. The molecule has 2 aromatic carbocycles. The summed E-state index contributed by atoms with van der Waals surface area (Å²) in [6, 6.07) is 16.3. The maximum atomic E-state index is 12.4. The summed E-state index contributed by atoms with van der Waals surface area (Å²) in [5.41, 5.74) is 1.10. The average Bonchev–Trinajstić information content (AvgIpc) is 3.12. The smallest absolute Gasteiger partial charge is 0.271 e. The van der Waals surface area contributed by atoms with Gasteiger partial charge >= 0.3 is 0 Å². The van der Waals surface area contributed by atoms with Crippen LogP contribution >= 0.6 is 22.9 Å². The van der Waals surface area contributed by atoms with E-state index in [0.29, 0.717) is 22.0 Å². The summed E-state index contributed by atoms with van der Waals surface area (Å²) in [7, 11) is -3.66. The minimum Gasteiger partial charge on any atom is -0.321 e. The van der Waals surface area contributed by atoms with Gasteiger partial charge in [0.2, 0.25) is 0 Å². The van der Waals surface area contributed by atoms with Gasteiger partial charge in [0.1, 0.15) is 4.21 Å². The third-order valence-corrected chi connectivity index (χ3v) is 6.37. The second-order valence-electron chi connectivity index (χ2n) is 5.05. The topological polar surface area (TPSA) is 75.3 Å². The Labute approximate surface area is 154 Å². The van der Waals surface area contributed by atoms with Crippen LogP contribution in [-0.4, -0.2) is 14.3 Å². The van der Waals surface area contributed by atoms with Crippen molar-refractivity contribution in [3.05, 3.63) is 76.6 Å². The normalized spacial score (nSPS) is 11.1. The predicted molar refractivity (Wildman–Crippen MR) is 101 cm³/mol. The molecular formula is C17H13ClN2O3S2. The SMILES string of the molecule is O=C(Nc1ccccc1Cl)c1cccc(NS(=O)(=O)c2cccs2)c1. The van der Waals surface area contributed by atoms with E-state index in [9.17, 15) is 13.2 Å². The van der Waals surface area contributed by atoms with Gasteiger partial charge in [-0.25, -0.2) is 8.42 Å². The van der Waals surface area contributed by atoms with Crippen molar-refractivity contribution in [2.75, 3.05) is 10.0 Å². The lowest BCUT2D eigenvalue weighted by molar-refractivity contribution is 0.102. The first-order valence-corrected chi connectivity index (χ1v) is 9.92. The van der Waals surface area contributed by atoms with Gasteiger partial charge < -0.3 is 5.32 Å². The molecule has 25 heavy (non-hydrogen) atoms. The number of rotatable bonds is 5. The Morgan fingerprint density at radius 1 is 1.00 bits per heavy atom. The van der Waals surface area contributed by atoms with Crippen molar-refractivity contribution in [2.24, 2.45) is 0 Å². The van der Waals surface area contributed by atoms with Crippen molar-refractivity contribution in [1.29, 1.82) is 0 Å². The summed E-state index contributed by atoms with van der Waals surface area (Å²) in [6.45, 7) is 0. The van der Waals surface area contributed by atoms with E-state index in [1.807, 2.05) is 0 Å². The minimum atomic E-state index is -3.66. The lowest BCUT2D eigenvalue weighted by atomic mass is 10.2. The molecule has 0 radical (unpaired) electrons. The molecular weight excluding hydrogens is 380 g/mol. The summed E-state index contributed by atoms with van der Waals surface area (Å²) in [6.07, 6.45) is 0. The van der Waals surface area contributed by atoms with Gasteiger partial charge in [0.15, 0.2) is 0 Å². The van der Waals surface area contributed by atoms with Crippen LogP contribution in [0.3, 0.4) is 0 Å². The van der Waals surface area contributed by atoms with Crippen LogP contribution < -0.4 is 10.0 Å². The largest absolute Gasteiger partial charge is 0.321 e. The van der Waals surface area contributed by atoms with Crippen molar-refractivity contribution < 1.29 is 13.2 Å². The number of carbonyl (C=O) groups is 1. The summed E-state index contributed by atoms with van der Waals surface area (Å²) in [4.78, 5) is 12.4. The van der Waals surface area contributed by atoms with Gasteiger partial charge in [0.25, 0.3) is 15.9 Å². The van der Waals surface area contributed by atoms with Gasteiger partial charge in [-0.2, -0.15) is 0 Å². The number of hydrogen-bond acceptors (Lipinski definition) is 4. The summed E-state index contributed by atoms with van der Waals surface area (Å²) in [5, 5.41) is 4.80. The molecule has 0 bridgehead atoms. The fourth-order valence-electron chi connectivity index (χ4n) is 2.10. The second-order valence-corrected chi connectivity index (χ2v) is 8.32. The molecule has 8 heteroatoms. The molecule has 128 valence electrons. The molecule has 3 aromatic rings. The van der Waals surface area contributed by atoms with Crippen LogP contribution in [0.25, 0.3) is 0 Å². The first-order valence-electron chi connectivity index (χ1n) is 7.18. The zero-order valence-electron chi connectivity index (χ0n) is 12.8. The Bertz CT molecular complexity index is 1000. The predicted octanol–water partition coefficient (Wildman–Crippen LogP) is 4.45. The molecule has 1 aromatic heterocycles. The van der Waals surface area contributed by atoms with Crippen molar-refractivity contribution in [2.45, 2.75) is 4.21 Å². The standard InChI is InChI=1S/C17H13ClN2O3S2/c18-14-7-1-2-8-15(14)19-17(21)12-5-3-6-13(11-12)20-25(22,23)16-9-4-10-24-16/h1-11,20H,(H,19,21). The maximum absolute atomic E-state index is 12.4. The quantitative estimate of drug-likeness (QED) is 0.673. The van der Waals surface area contributed by atoms with Crippen LogP contribution in [0.2, 0.25) is 5.02 Å². The number of para-hydroxylation sites is 1. The Morgan fingerprint density at radius 2 is 1.80 bits per heavy atom. The monoisotopic (exact) mass is 392 g/mol. The number of nitrogens with one attached hydrogen (secondary N) is 2. The molecule has 1 heterocycles. The van der Waals surface area contributed by atoms with Gasteiger partial charge in [0, 0.05) is 11.3 Å². The Kier molecular flexibility index (Phi) is 5.08. The number of amides is 1. The fraction of sp³-hybridized carbons (Fsp3) is 0. The number of halogens is 1. The van der Waals surface area contributed by atoms with E-state index >= 15 is 0 Å². The fourth-order valence-corrected chi connectivity index (χ4v) is 4.33. The van der Waals surface area contributed by atoms with Gasteiger partial charge in [-0.3, -0.25) is 9.52 Å². The Morgan fingerprint density at radius 3 is 2.52 bits per heavy atom. The summed E-state index contributed by atoms with van der Waals surface area (Å²) in [5.74, 6) is -0.384. The van der Waals surface area contributed by atoms with E-state index in [0.717, 1.165) is 11.3 Å². The summed E-state index contributed by atoms with van der Waals surface area (Å²) < 4.78 is 27.2. The molecule has 0 fully saturated rings. The van der Waals surface area contributed by atoms with E-state index in [2.05, 4.69) is 10.0 Å². The highest BCUT2D eigenvalue weighted by molar-refractivity contribution is 7.94. The molecule has 2 N–H and O–H groups in total. The third-order valence-electron chi connectivity index (χ3n) is 3.26. The number of carbonyl (C=O) groups excluding carboxylic acids is 1. The number of anilines is 2. The van der Waals surface area contributed by atoms with Crippen molar-refractivity contribution >= 4 is 50.2 Å². The van der Waals surface area contributed by atoms with Crippen LogP contribution in [0, 0.1) is 0 Å². The van der Waals surface area contributed by atoms with Gasteiger partial charge in [-0.05, 0) is 41.8 Å². The number of thiophene rings is 1. The Balaban J connectivity index is 1.80. The van der Waals surface area contributed by atoms with Crippen LogP contribution in [0.5, 0.6) is 0 Å². The van der Waals surface area contributed by atoms with Crippen LogP contribution in [-0.2, 0) is 10.0 Å². The molecule has 0 aliphatic heterocycles. The highest BCUT2D eigenvalue weighted by Crippen LogP contribution is 2.23. The molecule has 0 saturated heterocycles. The maximum Gasteiger partial charge on any atom is 0.271 e. The molecule has 0 spiro atoms. The van der Waals surface area contributed by atoms with E-state index in [-0.39, 0.29) is 10.1 Å². The molecule has 0 atom stereocenters. The highest BCUT2D eigenvalue weighted by Gasteiger charge is 2.16. The van der Waals surface area contributed by atoms with Crippen LogP contribution in [0.15, 0.2) is 70.3 Å². The van der Waals surface area contributed by atoms with Gasteiger partial charge in [-0.1, -0.05) is 35.9 Å². The molecule has 0 aliphatic rings. The number of hydrogen-bond donors (Lipinski definition) is 2. The molecule has 5 nitrogen and oxygen atoms in total. The molecule has 0 unspecified atom stereocenters. The number of sulfonamides is 1. The van der Waals surface area contributed by atoms with Crippen molar-refractivity contribution in [3.8, 4) is 0 Å². The lowest BCUT2D eigenvalue weighted by Crippen LogP contribution is -2.14. The van der Waals surface area contributed by atoms with Crippen molar-refractivity contribution in [3.63, 3.8) is 0 Å². The van der Waals surface area contributed by atoms with Crippen LogP contribution in [0.1, 0.15) is 10.4 Å². The zero-order chi connectivity index (χ0) is 17.9. The summed E-state index contributed by atoms with van der Waals surface area (Å²) >= 11 is 7.14. The molecule has 0 saturated carbocycles. The second kappa shape index (κ2) is 7.26. The van der Waals surface area contributed by atoms with E-state index < -0.39 is 10.0 Å². The van der Waals surface area contributed by atoms with Gasteiger partial charge in [-0.15, -0.1) is 11.3 Å². The molecule has 1 amide bonds. The number of benzene rings is 2. The highest BCUT2D eigenvalue weighted by atomic mass is 35.5. The average molecular weight is 393 g/mol. The molecule has 3 rings (SSSR count). The van der Waals surface area contributed by atoms with E-state index in [1.165, 1.54) is 12.1 Å². The third kappa shape index (κ3) is 4.19. The lowest BCUT2D eigenvalue weighted by Gasteiger charge is -2.10. The van der Waals surface area contributed by atoms with E-state index in [4.69, 9.17) is 11.6 Å². The first-order chi connectivity index (χ1) is 12.0.